The van der Waals surface area contributed by atoms with Crippen LogP contribution in [0.25, 0.3) is 0 Å². The summed E-state index contributed by atoms with van der Waals surface area (Å²) in [4.78, 5) is 16.9. The van der Waals surface area contributed by atoms with Gasteiger partial charge in [-0.2, -0.15) is 0 Å². The van der Waals surface area contributed by atoms with Crippen molar-refractivity contribution in [3.8, 4) is 0 Å². The van der Waals surface area contributed by atoms with Crippen LogP contribution in [0, 0.1) is 5.92 Å². The fourth-order valence-electron chi connectivity index (χ4n) is 3.14. The molecule has 0 radical (unpaired) electrons. The maximum absolute atomic E-state index is 12.6. The Hall–Kier alpha value is -1.10. The van der Waals surface area contributed by atoms with E-state index < -0.39 is 0 Å². The largest absolute Gasteiger partial charge is 0.379 e. The minimum absolute atomic E-state index is 0.199. The average Bonchev–Trinajstić information content (AvgIpc) is 2.69. The van der Waals surface area contributed by atoms with Crippen LogP contribution in [-0.2, 0) is 16.0 Å². The van der Waals surface area contributed by atoms with Crippen molar-refractivity contribution >= 4 is 17.5 Å². The highest BCUT2D eigenvalue weighted by Crippen LogP contribution is 2.19. The lowest BCUT2D eigenvalue weighted by Crippen LogP contribution is -2.45. The molecule has 4 nitrogen and oxygen atoms in total. The molecular formula is C16H21ClN2O2. The Morgan fingerprint density at radius 1 is 1.24 bits per heavy atom. The first-order valence-corrected chi connectivity index (χ1v) is 7.80. The molecule has 0 N–H and O–H groups in total. The lowest BCUT2D eigenvalue weighted by molar-refractivity contribution is -0.132. The summed E-state index contributed by atoms with van der Waals surface area (Å²) in [5, 5.41) is 0.703. The van der Waals surface area contributed by atoms with Gasteiger partial charge in [0.2, 0.25) is 5.91 Å². The zero-order chi connectivity index (χ0) is 14.8. The van der Waals surface area contributed by atoms with Crippen LogP contribution in [-0.4, -0.2) is 61.6 Å². The molecule has 2 fully saturated rings. The van der Waals surface area contributed by atoms with Crippen LogP contribution in [0.15, 0.2) is 24.3 Å². The average molecular weight is 309 g/mol. The zero-order valence-electron chi connectivity index (χ0n) is 12.3. The Balaban J connectivity index is 1.68. The molecular weight excluding hydrogens is 288 g/mol. The Morgan fingerprint density at radius 2 is 2.00 bits per heavy atom. The summed E-state index contributed by atoms with van der Waals surface area (Å²) in [6, 6.07) is 7.83. The van der Waals surface area contributed by atoms with E-state index in [0.29, 0.717) is 23.4 Å². The number of halogens is 1. The second kappa shape index (κ2) is 6.34. The van der Waals surface area contributed by atoms with Gasteiger partial charge in [-0.25, -0.2) is 0 Å². The number of amides is 1. The number of likely N-dealkylation sites (N-methyl/N-ethyl adjacent to an activating group) is 1. The van der Waals surface area contributed by atoms with E-state index in [1.165, 1.54) is 0 Å². The van der Waals surface area contributed by atoms with Gasteiger partial charge in [0.25, 0.3) is 0 Å². The molecule has 2 saturated heterocycles. The normalized spacial score (nSPS) is 26.5. The van der Waals surface area contributed by atoms with E-state index in [-0.39, 0.29) is 5.91 Å². The van der Waals surface area contributed by atoms with E-state index in [1.54, 1.807) is 0 Å². The fourth-order valence-corrected chi connectivity index (χ4v) is 3.27. The van der Waals surface area contributed by atoms with Gasteiger partial charge in [0, 0.05) is 30.6 Å². The molecule has 0 aromatic heterocycles. The molecule has 2 atom stereocenters. The van der Waals surface area contributed by atoms with E-state index in [4.69, 9.17) is 16.3 Å². The third kappa shape index (κ3) is 3.57. The van der Waals surface area contributed by atoms with Crippen LogP contribution in [0.1, 0.15) is 5.56 Å². The molecule has 2 bridgehead atoms. The minimum atomic E-state index is 0.199. The molecule has 21 heavy (non-hydrogen) atoms. The summed E-state index contributed by atoms with van der Waals surface area (Å²) in [6.45, 7) is 4.05. The van der Waals surface area contributed by atoms with E-state index in [2.05, 4.69) is 11.9 Å². The maximum Gasteiger partial charge on any atom is 0.227 e. The number of benzene rings is 1. The number of hydrogen-bond donors (Lipinski definition) is 0. The number of fused-ring (bicyclic) bond motifs is 3. The highest BCUT2D eigenvalue weighted by Gasteiger charge is 2.33. The molecule has 1 aromatic carbocycles. The molecule has 3 rings (SSSR count). The van der Waals surface area contributed by atoms with E-state index in [9.17, 15) is 4.79 Å². The van der Waals surface area contributed by atoms with Gasteiger partial charge in [-0.15, -0.1) is 0 Å². The lowest BCUT2D eigenvalue weighted by Gasteiger charge is -2.29. The van der Waals surface area contributed by atoms with E-state index in [0.717, 1.165) is 38.4 Å². The second-order valence-electron chi connectivity index (χ2n) is 6.10. The molecule has 0 saturated carbocycles. The van der Waals surface area contributed by atoms with Crippen molar-refractivity contribution in [1.82, 2.24) is 9.80 Å². The molecule has 5 heteroatoms. The first-order chi connectivity index (χ1) is 10.1. The standard InChI is InChI=1S/C16H21ClN2O2/c1-18-7-13-8-19(9-15(18)11-21-10-13)16(20)6-12-2-4-14(17)5-3-12/h2-5,13,15H,6-11H2,1H3/t13-,15+/m1/s1. The van der Waals surface area contributed by atoms with Crippen molar-refractivity contribution in [2.45, 2.75) is 12.5 Å². The molecule has 0 aliphatic carbocycles. The summed E-state index contributed by atoms with van der Waals surface area (Å²) < 4.78 is 5.70. The maximum atomic E-state index is 12.6. The number of hydrogen-bond acceptors (Lipinski definition) is 3. The van der Waals surface area contributed by atoms with Crippen molar-refractivity contribution in [3.63, 3.8) is 0 Å². The van der Waals surface area contributed by atoms with Gasteiger partial charge in [-0.05, 0) is 24.7 Å². The van der Waals surface area contributed by atoms with E-state index >= 15 is 0 Å². The van der Waals surface area contributed by atoms with Crippen molar-refractivity contribution in [2.75, 3.05) is 39.9 Å². The molecule has 0 spiro atoms. The predicted octanol–water partition coefficient (Wildman–Crippen LogP) is 1.67. The van der Waals surface area contributed by atoms with Crippen LogP contribution in [0.5, 0.6) is 0 Å². The minimum Gasteiger partial charge on any atom is -0.379 e. The number of rotatable bonds is 2. The quantitative estimate of drug-likeness (QED) is 0.833. The third-order valence-electron chi connectivity index (χ3n) is 4.36. The Labute approximate surface area is 130 Å². The molecule has 114 valence electrons. The number of carbonyl (C=O) groups is 1. The van der Waals surface area contributed by atoms with Crippen molar-refractivity contribution in [3.05, 3.63) is 34.9 Å². The topological polar surface area (TPSA) is 32.8 Å². The SMILES string of the molecule is CN1C[C@H]2COC[C@@H]1CN(C(=O)Cc1ccc(Cl)cc1)C2. The van der Waals surface area contributed by atoms with Crippen LogP contribution in [0.3, 0.4) is 0 Å². The number of ether oxygens (including phenoxy) is 1. The summed E-state index contributed by atoms with van der Waals surface area (Å²) in [5.74, 6) is 0.612. The van der Waals surface area contributed by atoms with Crippen molar-refractivity contribution < 1.29 is 9.53 Å². The first kappa shape index (κ1) is 14.8. The molecule has 2 aliphatic heterocycles. The molecule has 2 heterocycles. The summed E-state index contributed by atoms with van der Waals surface area (Å²) in [5.41, 5.74) is 1.02. The van der Waals surface area contributed by atoms with Gasteiger partial charge in [0.1, 0.15) is 0 Å². The highest BCUT2D eigenvalue weighted by molar-refractivity contribution is 6.30. The zero-order valence-corrected chi connectivity index (χ0v) is 13.1. The Kier molecular flexibility index (Phi) is 4.48. The molecule has 0 unspecified atom stereocenters. The smallest absolute Gasteiger partial charge is 0.227 e. The number of nitrogens with zero attached hydrogens (tertiary/aromatic N) is 2. The monoisotopic (exact) mass is 308 g/mol. The molecule has 1 aromatic rings. The van der Waals surface area contributed by atoms with Gasteiger partial charge >= 0.3 is 0 Å². The molecule has 1 amide bonds. The van der Waals surface area contributed by atoms with Crippen LogP contribution < -0.4 is 0 Å². The fraction of sp³-hybridized carbons (Fsp3) is 0.562. The Bertz CT molecular complexity index is 506. The summed E-state index contributed by atoms with van der Waals surface area (Å²) >= 11 is 5.88. The van der Waals surface area contributed by atoms with Gasteiger partial charge < -0.3 is 9.64 Å². The van der Waals surface area contributed by atoms with E-state index in [1.807, 2.05) is 29.2 Å². The summed E-state index contributed by atoms with van der Waals surface area (Å²) in [7, 11) is 2.12. The van der Waals surface area contributed by atoms with Crippen molar-refractivity contribution in [2.24, 2.45) is 5.92 Å². The summed E-state index contributed by atoms with van der Waals surface area (Å²) in [6.07, 6.45) is 0.446. The predicted molar refractivity (Wildman–Crippen MR) is 82.5 cm³/mol. The Morgan fingerprint density at radius 3 is 2.76 bits per heavy atom. The highest BCUT2D eigenvalue weighted by atomic mass is 35.5. The van der Waals surface area contributed by atoms with Gasteiger partial charge in [0.15, 0.2) is 0 Å². The van der Waals surface area contributed by atoms with Crippen molar-refractivity contribution in [1.29, 1.82) is 0 Å². The van der Waals surface area contributed by atoms with Crippen LogP contribution in [0.2, 0.25) is 5.02 Å². The van der Waals surface area contributed by atoms with Crippen LogP contribution in [0.4, 0.5) is 0 Å². The first-order valence-electron chi connectivity index (χ1n) is 7.42. The number of carbonyl (C=O) groups excluding carboxylic acids is 1. The lowest BCUT2D eigenvalue weighted by atomic mass is 10.1. The second-order valence-corrected chi connectivity index (χ2v) is 6.54. The van der Waals surface area contributed by atoms with Gasteiger partial charge in [0.05, 0.1) is 25.7 Å². The molecule has 2 aliphatic rings. The van der Waals surface area contributed by atoms with Gasteiger partial charge in [-0.1, -0.05) is 23.7 Å². The third-order valence-corrected chi connectivity index (χ3v) is 4.62. The van der Waals surface area contributed by atoms with Gasteiger partial charge in [-0.3, -0.25) is 9.69 Å². The van der Waals surface area contributed by atoms with Crippen LogP contribution >= 0.6 is 11.6 Å².